The van der Waals surface area contributed by atoms with E-state index in [0.717, 1.165) is 15.7 Å². The summed E-state index contributed by atoms with van der Waals surface area (Å²) in [6.07, 6.45) is 1.76. The Labute approximate surface area is 154 Å². The molecular weight excluding hydrogens is 345 g/mol. The van der Waals surface area contributed by atoms with E-state index in [-0.39, 0.29) is 17.1 Å². The number of nitrogens with zero attached hydrogens (tertiary/aromatic N) is 3. The van der Waals surface area contributed by atoms with Gasteiger partial charge in [-0.05, 0) is 36.8 Å². The Hall–Kier alpha value is -3.41. The minimum absolute atomic E-state index is 0.337. The Morgan fingerprint density at radius 2 is 1.56 bits per heavy atom. The van der Waals surface area contributed by atoms with Crippen molar-refractivity contribution in [1.82, 2.24) is 13.7 Å². The predicted molar refractivity (Wildman–Crippen MR) is 104 cm³/mol. The monoisotopic (exact) mass is 363 g/mol. The highest BCUT2D eigenvalue weighted by molar-refractivity contribution is 5.95. The van der Waals surface area contributed by atoms with E-state index in [1.165, 1.54) is 23.7 Å². The van der Waals surface area contributed by atoms with Crippen LogP contribution in [0.1, 0.15) is 5.56 Å². The second-order valence-corrected chi connectivity index (χ2v) is 6.61. The average molecular weight is 363 g/mol. The van der Waals surface area contributed by atoms with Gasteiger partial charge in [-0.15, -0.1) is 0 Å². The van der Waals surface area contributed by atoms with Gasteiger partial charge in [0.05, 0.1) is 16.6 Å². The van der Waals surface area contributed by atoms with Crippen LogP contribution >= 0.6 is 0 Å². The molecule has 0 aliphatic heterocycles. The topological polar surface area (TPSA) is 48.9 Å². The maximum atomic E-state index is 13.4. The van der Waals surface area contributed by atoms with Crippen LogP contribution in [0.3, 0.4) is 0 Å². The fourth-order valence-electron chi connectivity index (χ4n) is 3.45. The standard InChI is InChI=1S/C21H18FN3O2/c1-13-6-4-5-7-16(13)19-18-17(23(2)21(27)24(3)20(18)26)12-25(19)15-10-8-14(22)9-11-15/h4-12H,1-3H3. The molecule has 0 aliphatic rings. The highest BCUT2D eigenvalue weighted by Crippen LogP contribution is 2.32. The summed E-state index contributed by atoms with van der Waals surface area (Å²) in [5.41, 5.74) is 3.06. The van der Waals surface area contributed by atoms with Crippen molar-refractivity contribution in [3.8, 4) is 16.9 Å². The first kappa shape index (κ1) is 17.0. The summed E-state index contributed by atoms with van der Waals surface area (Å²) < 4.78 is 17.8. The Morgan fingerprint density at radius 1 is 0.889 bits per heavy atom. The average Bonchev–Trinajstić information content (AvgIpc) is 3.06. The zero-order chi connectivity index (χ0) is 19.3. The molecule has 0 spiro atoms. The van der Waals surface area contributed by atoms with Gasteiger partial charge in [0.25, 0.3) is 5.56 Å². The lowest BCUT2D eigenvalue weighted by Gasteiger charge is -2.12. The van der Waals surface area contributed by atoms with Gasteiger partial charge in [-0.3, -0.25) is 13.9 Å². The first-order valence-corrected chi connectivity index (χ1v) is 8.53. The van der Waals surface area contributed by atoms with Crippen molar-refractivity contribution in [2.45, 2.75) is 6.92 Å². The van der Waals surface area contributed by atoms with Gasteiger partial charge in [0, 0.05) is 31.5 Å². The summed E-state index contributed by atoms with van der Waals surface area (Å²) in [5.74, 6) is -0.337. The SMILES string of the molecule is Cc1ccccc1-c1c2c(=O)n(C)c(=O)n(C)c2cn1-c1ccc(F)cc1. The third-order valence-corrected chi connectivity index (χ3v) is 4.94. The van der Waals surface area contributed by atoms with Crippen molar-refractivity contribution < 1.29 is 4.39 Å². The molecule has 0 amide bonds. The fraction of sp³-hybridized carbons (Fsp3) is 0.143. The number of aryl methyl sites for hydroxylation is 2. The Kier molecular flexibility index (Phi) is 3.84. The van der Waals surface area contributed by atoms with Crippen LogP contribution in [0.15, 0.2) is 64.3 Å². The van der Waals surface area contributed by atoms with Gasteiger partial charge in [-0.1, -0.05) is 24.3 Å². The van der Waals surface area contributed by atoms with Gasteiger partial charge >= 0.3 is 5.69 Å². The Bertz CT molecular complexity index is 1290. The molecule has 5 nitrogen and oxygen atoms in total. The summed E-state index contributed by atoms with van der Waals surface area (Å²) in [5, 5.41) is 0.457. The van der Waals surface area contributed by atoms with E-state index in [2.05, 4.69) is 0 Å². The van der Waals surface area contributed by atoms with Gasteiger partial charge in [-0.25, -0.2) is 9.18 Å². The van der Waals surface area contributed by atoms with Crippen molar-refractivity contribution in [2.75, 3.05) is 0 Å². The number of hydrogen-bond donors (Lipinski definition) is 0. The normalized spacial score (nSPS) is 11.3. The minimum Gasteiger partial charge on any atom is -0.314 e. The molecule has 0 saturated heterocycles. The molecule has 136 valence electrons. The quantitative estimate of drug-likeness (QED) is 0.549. The van der Waals surface area contributed by atoms with Crippen molar-refractivity contribution in [2.24, 2.45) is 14.1 Å². The molecule has 0 aliphatic carbocycles. The maximum Gasteiger partial charge on any atom is 0.330 e. The van der Waals surface area contributed by atoms with Crippen LogP contribution in [0.25, 0.3) is 27.8 Å². The summed E-state index contributed by atoms with van der Waals surface area (Å²) in [7, 11) is 3.11. The first-order valence-electron chi connectivity index (χ1n) is 8.53. The van der Waals surface area contributed by atoms with Gasteiger partial charge in [-0.2, -0.15) is 0 Å². The van der Waals surface area contributed by atoms with E-state index < -0.39 is 0 Å². The molecule has 0 radical (unpaired) electrons. The van der Waals surface area contributed by atoms with Crippen LogP contribution in [0.4, 0.5) is 4.39 Å². The van der Waals surface area contributed by atoms with Crippen LogP contribution in [0.2, 0.25) is 0 Å². The van der Waals surface area contributed by atoms with Gasteiger partial charge in [0.1, 0.15) is 5.82 Å². The van der Waals surface area contributed by atoms with Crippen molar-refractivity contribution in [1.29, 1.82) is 0 Å². The van der Waals surface area contributed by atoms with Gasteiger partial charge in [0.2, 0.25) is 0 Å². The van der Waals surface area contributed by atoms with Crippen LogP contribution < -0.4 is 11.2 Å². The zero-order valence-electron chi connectivity index (χ0n) is 15.2. The van der Waals surface area contributed by atoms with Crippen molar-refractivity contribution in [3.63, 3.8) is 0 Å². The van der Waals surface area contributed by atoms with E-state index >= 15 is 0 Å². The van der Waals surface area contributed by atoms with E-state index in [1.807, 2.05) is 35.8 Å². The lowest BCUT2D eigenvalue weighted by Crippen LogP contribution is -2.36. The number of hydrogen-bond acceptors (Lipinski definition) is 2. The summed E-state index contributed by atoms with van der Waals surface area (Å²) in [6.45, 7) is 1.97. The van der Waals surface area contributed by atoms with Crippen LogP contribution in [-0.2, 0) is 14.1 Å². The number of halogens is 1. The van der Waals surface area contributed by atoms with Gasteiger partial charge in [0.15, 0.2) is 0 Å². The molecule has 4 aromatic rings. The van der Waals surface area contributed by atoms with Gasteiger partial charge < -0.3 is 4.57 Å². The summed E-state index contributed by atoms with van der Waals surface area (Å²) in [4.78, 5) is 25.4. The zero-order valence-corrected chi connectivity index (χ0v) is 15.2. The Balaban J connectivity index is 2.23. The summed E-state index contributed by atoms with van der Waals surface area (Å²) >= 11 is 0. The molecule has 6 heteroatoms. The first-order chi connectivity index (χ1) is 12.9. The van der Waals surface area contributed by atoms with Crippen molar-refractivity contribution >= 4 is 10.9 Å². The number of aromatic nitrogens is 3. The molecule has 0 atom stereocenters. The molecule has 2 aromatic carbocycles. The molecule has 0 bridgehead atoms. The molecule has 0 saturated carbocycles. The molecule has 0 N–H and O–H groups in total. The fourth-order valence-corrected chi connectivity index (χ4v) is 3.45. The highest BCUT2D eigenvalue weighted by Gasteiger charge is 2.21. The molecular formula is C21H18FN3O2. The number of benzene rings is 2. The third-order valence-electron chi connectivity index (χ3n) is 4.94. The van der Waals surface area contributed by atoms with E-state index in [4.69, 9.17) is 0 Å². The van der Waals surface area contributed by atoms with E-state index in [1.54, 1.807) is 25.4 Å². The molecule has 4 rings (SSSR count). The largest absolute Gasteiger partial charge is 0.330 e. The molecule has 27 heavy (non-hydrogen) atoms. The predicted octanol–water partition coefficient (Wildman–Crippen LogP) is 3.14. The maximum absolute atomic E-state index is 13.4. The molecule has 0 unspecified atom stereocenters. The Morgan fingerprint density at radius 3 is 2.22 bits per heavy atom. The smallest absolute Gasteiger partial charge is 0.314 e. The second kappa shape index (κ2) is 6.09. The molecule has 2 heterocycles. The van der Waals surface area contributed by atoms with E-state index in [0.29, 0.717) is 22.3 Å². The van der Waals surface area contributed by atoms with Crippen LogP contribution in [0.5, 0.6) is 0 Å². The third kappa shape index (κ3) is 2.52. The van der Waals surface area contributed by atoms with Crippen molar-refractivity contribution in [3.05, 3.63) is 86.9 Å². The molecule has 2 aromatic heterocycles. The summed E-state index contributed by atoms with van der Waals surface area (Å²) in [6, 6.07) is 13.8. The number of fused-ring (bicyclic) bond motifs is 1. The molecule has 0 fully saturated rings. The minimum atomic E-state index is -0.389. The number of rotatable bonds is 2. The second-order valence-electron chi connectivity index (χ2n) is 6.61. The van der Waals surface area contributed by atoms with E-state index in [9.17, 15) is 14.0 Å². The van der Waals surface area contributed by atoms with Crippen LogP contribution in [-0.4, -0.2) is 13.7 Å². The lowest BCUT2D eigenvalue weighted by molar-refractivity contribution is 0.627. The lowest BCUT2D eigenvalue weighted by atomic mass is 10.0. The highest BCUT2D eigenvalue weighted by atomic mass is 19.1. The van der Waals surface area contributed by atoms with Crippen LogP contribution in [0, 0.1) is 12.7 Å².